The Labute approximate surface area is 431 Å². The lowest BCUT2D eigenvalue weighted by molar-refractivity contribution is -0.118. The van der Waals surface area contributed by atoms with E-state index in [1.54, 1.807) is 32.3 Å². The summed E-state index contributed by atoms with van der Waals surface area (Å²) in [6, 6.07) is 0. The van der Waals surface area contributed by atoms with Gasteiger partial charge in [-0.25, -0.2) is 59.8 Å². The third-order valence-electron chi connectivity index (χ3n) is 12.1. The van der Waals surface area contributed by atoms with Crippen molar-refractivity contribution >= 4 is 29.0 Å². The van der Waals surface area contributed by atoms with Crippen molar-refractivity contribution in [1.29, 1.82) is 0 Å². The van der Waals surface area contributed by atoms with Crippen LogP contribution < -0.4 is 14.2 Å². The van der Waals surface area contributed by atoms with Crippen molar-refractivity contribution in [3.05, 3.63) is 184 Å². The summed E-state index contributed by atoms with van der Waals surface area (Å²) in [5.74, 6) is 2.35. The number of Topliss-reactive ketones (excluding diaryl/α,β-unsaturated/α-hetero) is 1. The van der Waals surface area contributed by atoms with Crippen LogP contribution >= 0.6 is 23.2 Å². The first kappa shape index (κ1) is 54.2. The smallest absolute Gasteiger partial charge is 0.219 e. The van der Waals surface area contributed by atoms with Crippen molar-refractivity contribution in [2.45, 2.75) is 104 Å². The van der Waals surface area contributed by atoms with Gasteiger partial charge in [0.15, 0.2) is 16.7 Å². The van der Waals surface area contributed by atoms with Gasteiger partial charge >= 0.3 is 0 Å². The molecule has 4 aliphatic carbocycles. The highest BCUT2D eigenvalue weighted by Gasteiger charge is 2.21. The normalized spacial score (nSPS) is 15.4. The standard InChI is InChI=1S/C10H12N2O.C10H12N2.C9H10N2.2C8H7ClN2O.C8H8N2O.CH4/c1-7-3-4-8-9(5-7)11-6-12-10(8)13-2;1-7-3-4-9-8(2)11-6-12-10(9)5-7;1-7-2-3-8-5-10-6-11-9(8)4-7;1-5-2-6-7(12-3-5)8(9)11-4-10-6;9-8-6-2-1-5(12)3-7(6)10-4-11-8;1-6-2-7-8(11-4-6)3-9-5-10-7;/h6H,1,3-5H2,2H3;6H,1,3-5H2,2H3;5-6H,1-4H2;2*4H,1-3H2;3,5H,1-2,4H2;1H4. The predicted molar refractivity (Wildman–Crippen MR) is 277 cm³/mol. The van der Waals surface area contributed by atoms with Crippen molar-refractivity contribution in [2.75, 3.05) is 20.3 Å². The number of hydrogen-bond donors (Lipinski definition) is 0. The minimum atomic E-state index is 0. The molecular weight excluding hydrogens is 952 g/mol. The van der Waals surface area contributed by atoms with Gasteiger partial charge < -0.3 is 14.2 Å². The van der Waals surface area contributed by atoms with E-state index in [1.807, 2.05) is 6.20 Å². The Morgan fingerprint density at radius 3 is 1.69 bits per heavy atom. The van der Waals surface area contributed by atoms with Crippen LogP contribution in [0.15, 0.2) is 111 Å². The number of allylic oxidation sites excluding steroid dienone is 3. The summed E-state index contributed by atoms with van der Waals surface area (Å²) in [6.45, 7) is 22.7. The minimum absolute atomic E-state index is 0. The maximum absolute atomic E-state index is 11.0. The maximum Gasteiger partial charge on any atom is 0.219 e. The summed E-state index contributed by atoms with van der Waals surface area (Å²) in [5, 5.41) is 0.875. The second-order valence-corrected chi connectivity index (χ2v) is 18.2. The molecule has 6 aliphatic rings. The zero-order chi connectivity index (χ0) is 50.3. The van der Waals surface area contributed by atoms with Gasteiger partial charge in [-0.2, -0.15) is 0 Å². The fourth-order valence-corrected chi connectivity index (χ4v) is 8.68. The molecule has 2 aliphatic heterocycles. The lowest BCUT2D eigenvalue weighted by Crippen LogP contribution is -2.15. The molecule has 374 valence electrons. The SMILES string of the molecule is C.C=C1CCc2c(C)ncnc2C1.C=C1CCc2c(ncnc2OC)C1.C=C1CCc2cncnc2C1.C=C1COc2c(Cl)ncnc2C1.C=C1COc2cncnc2C1.O=C1CCc2c(Cl)ncnc2C1. The van der Waals surface area contributed by atoms with Crippen molar-refractivity contribution in [1.82, 2.24) is 59.8 Å². The molecule has 0 saturated carbocycles. The highest BCUT2D eigenvalue weighted by molar-refractivity contribution is 6.31. The zero-order valence-corrected chi connectivity index (χ0v) is 41.7. The summed E-state index contributed by atoms with van der Waals surface area (Å²) in [6.07, 6.45) is 25.1. The van der Waals surface area contributed by atoms with Crippen LogP contribution in [0.2, 0.25) is 10.3 Å². The lowest BCUT2D eigenvalue weighted by Gasteiger charge is -2.17. The quantitative estimate of drug-likeness (QED) is 0.111. The summed E-state index contributed by atoms with van der Waals surface area (Å²) in [4.78, 5) is 59.6. The van der Waals surface area contributed by atoms with Gasteiger partial charge in [-0.15, -0.1) is 0 Å². The van der Waals surface area contributed by atoms with Crippen molar-refractivity contribution < 1.29 is 19.0 Å². The number of carbonyl (C=O) groups is 1. The van der Waals surface area contributed by atoms with Gasteiger partial charge in [-0.1, -0.05) is 80.2 Å². The number of aryl methyl sites for hydroxylation is 2. The highest BCUT2D eigenvalue weighted by atomic mass is 35.5. The molecule has 16 nitrogen and oxygen atoms in total. The van der Waals surface area contributed by atoms with Crippen LogP contribution in [0.3, 0.4) is 0 Å². The number of aromatic nitrogens is 12. The van der Waals surface area contributed by atoms with E-state index in [4.69, 9.17) is 37.4 Å². The van der Waals surface area contributed by atoms with Gasteiger partial charge in [-0.05, 0) is 74.1 Å². The van der Waals surface area contributed by atoms with E-state index in [9.17, 15) is 4.79 Å². The molecule has 0 radical (unpaired) electrons. The van der Waals surface area contributed by atoms with E-state index in [0.717, 1.165) is 139 Å². The highest BCUT2D eigenvalue weighted by Crippen LogP contribution is 2.31. The second kappa shape index (κ2) is 26.3. The Balaban J connectivity index is 0.000000141. The van der Waals surface area contributed by atoms with Crippen molar-refractivity contribution in [3.63, 3.8) is 0 Å². The average Bonchev–Trinajstić information content (AvgIpc) is 3.37. The third kappa shape index (κ3) is 14.9. The van der Waals surface area contributed by atoms with Crippen LogP contribution in [0.4, 0.5) is 0 Å². The number of ketones is 1. The van der Waals surface area contributed by atoms with Crippen LogP contribution in [-0.2, 0) is 69.0 Å². The molecule has 6 aromatic rings. The molecule has 6 aromatic heterocycles. The molecular formula is C54H60Cl2N12O4. The number of halogens is 2. The lowest BCUT2D eigenvalue weighted by atomic mass is 9.92. The van der Waals surface area contributed by atoms with E-state index in [1.165, 1.54) is 52.5 Å². The number of hydrogen-bond acceptors (Lipinski definition) is 16. The van der Waals surface area contributed by atoms with Crippen LogP contribution in [0, 0.1) is 6.92 Å². The van der Waals surface area contributed by atoms with Crippen LogP contribution in [0.1, 0.15) is 95.2 Å². The van der Waals surface area contributed by atoms with Gasteiger partial charge in [0.05, 0.1) is 47.5 Å². The van der Waals surface area contributed by atoms with Crippen molar-refractivity contribution in [2.24, 2.45) is 0 Å². The molecule has 0 spiro atoms. The topological polar surface area (TPSA) is 199 Å². The Kier molecular flexibility index (Phi) is 19.8. The molecule has 0 unspecified atom stereocenters. The number of methoxy groups -OCH3 is 1. The number of carbonyl (C=O) groups excluding carboxylic acids is 1. The first-order valence-corrected chi connectivity index (χ1v) is 23.9. The van der Waals surface area contributed by atoms with Gasteiger partial charge in [0.25, 0.3) is 0 Å². The summed E-state index contributed by atoms with van der Waals surface area (Å²) >= 11 is 11.6. The Morgan fingerprint density at radius 1 is 0.486 bits per heavy atom. The number of rotatable bonds is 1. The number of nitrogens with zero attached hydrogens (tertiary/aromatic N) is 12. The summed E-state index contributed by atoms with van der Waals surface area (Å²) in [7, 11) is 1.64. The molecule has 0 atom stereocenters. The molecule has 0 saturated heterocycles. The summed E-state index contributed by atoms with van der Waals surface area (Å²) in [5.41, 5.74) is 17.7. The minimum Gasteiger partial charge on any atom is -0.486 e. The molecule has 0 bridgehead atoms. The van der Waals surface area contributed by atoms with Crippen LogP contribution in [0.5, 0.6) is 17.4 Å². The Hall–Kier alpha value is -7.17. The van der Waals surface area contributed by atoms with E-state index < -0.39 is 0 Å². The molecule has 18 heteroatoms. The molecule has 0 amide bonds. The Bertz CT molecular complexity index is 2740. The number of ether oxygens (including phenoxy) is 3. The fraction of sp³-hybridized carbons (Fsp3) is 0.352. The molecule has 12 rings (SSSR count). The van der Waals surface area contributed by atoms with Crippen molar-refractivity contribution in [3.8, 4) is 17.4 Å². The third-order valence-corrected chi connectivity index (χ3v) is 12.7. The van der Waals surface area contributed by atoms with Gasteiger partial charge in [-0.3, -0.25) is 4.79 Å². The number of fused-ring (bicyclic) bond motifs is 6. The van der Waals surface area contributed by atoms with Crippen LogP contribution in [0.25, 0.3) is 0 Å². The molecule has 0 aromatic carbocycles. The Morgan fingerprint density at radius 2 is 0.986 bits per heavy atom. The molecule has 72 heavy (non-hydrogen) atoms. The van der Waals surface area contributed by atoms with E-state index in [0.29, 0.717) is 48.5 Å². The van der Waals surface area contributed by atoms with Gasteiger partial charge in [0.1, 0.15) is 62.1 Å². The zero-order valence-electron chi connectivity index (χ0n) is 40.2. The van der Waals surface area contributed by atoms with Gasteiger partial charge in [0.2, 0.25) is 5.88 Å². The van der Waals surface area contributed by atoms with E-state index in [-0.39, 0.29) is 13.2 Å². The monoisotopic (exact) mass is 1010 g/mol. The fourth-order valence-electron chi connectivity index (χ4n) is 8.22. The van der Waals surface area contributed by atoms with Crippen LogP contribution in [-0.4, -0.2) is 85.9 Å². The van der Waals surface area contributed by atoms with Gasteiger partial charge in [0, 0.05) is 68.0 Å². The molecule has 0 N–H and O–H groups in total. The average molecular weight is 1010 g/mol. The second-order valence-electron chi connectivity index (χ2n) is 17.5. The molecule has 8 heterocycles. The maximum atomic E-state index is 11.0. The first-order chi connectivity index (χ1) is 34.3. The molecule has 0 fully saturated rings. The van der Waals surface area contributed by atoms with E-state index >= 15 is 0 Å². The van der Waals surface area contributed by atoms with E-state index in [2.05, 4.69) is 99.6 Å². The first-order valence-electron chi connectivity index (χ1n) is 23.2. The summed E-state index contributed by atoms with van der Waals surface area (Å²) < 4.78 is 15.8. The largest absolute Gasteiger partial charge is 0.486 e. The predicted octanol–water partition coefficient (Wildman–Crippen LogP) is 9.29.